The second kappa shape index (κ2) is 8.69. The van der Waals surface area contributed by atoms with Crippen LogP contribution in [0.3, 0.4) is 0 Å². The predicted molar refractivity (Wildman–Crippen MR) is 69.7 cm³/mol. The van der Waals surface area contributed by atoms with Crippen molar-refractivity contribution >= 4 is 17.5 Å². The molecule has 0 aliphatic heterocycles. The van der Waals surface area contributed by atoms with Gasteiger partial charge in [0.05, 0.1) is 0 Å². The van der Waals surface area contributed by atoms with Gasteiger partial charge >= 0.3 is 6.61 Å². The van der Waals surface area contributed by atoms with Crippen LogP contribution in [0, 0.1) is 0 Å². The van der Waals surface area contributed by atoms with Crippen molar-refractivity contribution in [2.24, 2.45) is 0 Å². The molecular weight excluding hydrogens is 276 g/mol. The van der Waals surface area contributed by atoms with Crippen LogP contribution < -0.4 is 10.1 Å². The molecule has 106 valence electrons. The summed E-state index contributed by atoms with van der Waals surface area (Å²) in [5.41, 5.74) is 0.944. The van der Waals surface area contributed by atoms with E-state index in [1.165, 1.54) is 12.1 Å². The molecule has 6 heteroatoms. The molecule has 1 rings (SSSR count). The zero-order valence-electron chi connectivity index (χ0n) is 10.4. The van der Waals surface area contributed by atoms with Crippen LogP contribution in [0.15, 0.2) is 24.3 Å². The number of rotatable bonds is 8. The highest BCUT2D eigenvalue weighted by Gasteiger charge is 2.04. The highest BCUT2D eigenvalue weighted by atomic mass is 35.5. The molecule has 0 saturated heterocycles. The average molecular weight is 292 g/mol. The van der Waals surface area contributed by atoms with Crippen LogP contribution in [0.5, 0.6) is 5.75 Å². The zero-order valence-corrected chi connectivity index (χ0v) is 11.1. The van der Waals surface area contributed by atoms with E-state index in [0.717, 1.165) is 5.56 Å². The molecule has 0 aromatic heterocycles. The summed E-state index contributed by atoms with van der Waals surface area (Å²) < 4.78 is 28.1. The van der Waals surface area contributed by atoms with Gasteiger partial charge in [0.2, 0.25) is 5.91 Å². The molecule has 3 nitrogen and oxygen atoms in total. The molecule has 1 aromatic carbocycles. The van der Waals surface area contributed by atoms with Crippen LogP contribution in [0.25, 0.3) is 0 Å². The van der Waals surface area contributed by atoms with Gasteiger partial charge in [-0.15, -0.1) is 11.6 Å². The summed E-state index contributed by atoms with van der Waals surface area (Å²) in [6, 6.07) is 6.36. The van der Waals surface area contributed by atoms with Crippen LogP contribution in [-0.2, 0) is 11.2 Å². The summed E-state index contributed by atoms with van der Waals surface area (Å²) in [4.78, 5) is 11.3. The lowest BCUT2D eigenvalue weighted by atomic mass is 10.1. The third-order valence-electron chi connectivity index (χ3n) is 2.42. The Hall–Kier alpha value is -1.36. The van der Waals surface area contributed by atoms with Gasteiger partial charge in [-0.05, 0) is 30.5 Å². The second-order valence-corrected chi connectivity index (χ2v) is 4.29. The molecule has 0 unspecified atom stereocenters. The summed E-state index contributed by atoms with van der Waals surface area (Å²) in [5.74, 6) is 0.571. The Morgan fingerprint density at radius 1 is 1.32 bits per heavy atom. The van der Waals surface area contributed by atoms with Crippen molar-refractivity contribution in [3.8, 4) is 5.75 Å². The molecule has 0 aliphatic carbocycles. The van der Waals surface area contributed by atoms with Crippen LogP contribution in [0.2, 0.25) is 0 Å². The monoisotopic (exact) mass is 291 g/mol. The number of benzene rings is 1. The van der Waals surface area contributed by atoms with E-state index in [0.29, 0.717) is 31.7 Å². The zero-order chi connectivity index (χ0) is 14.1. The largest absolute Gasteiger partial charge is 0.435 e. The highest BCUT2D eigenvalue weighted by Crippen LogP contribution is 2.14. The summed E-state index contributed by atoms with van der Waals surface area (Å²) >= 11 is 5.48. The fourth-order valence-electron chi connectivity index (χ4n) is 1.50. The Morgan fingerprint density at radius 3 is 2.58 bits per heavy atom. The Kier molecular flexibility index (Phi) is 7.18. The Bertz CT molecular complexity index is 385. The van der Waals surface area contributed by atoms with Gasteiger partial charge in [-0.2, -0.15) is 8.78 Å². The molecule has 1 amide bonds. The molecule has 19 heavy (non-hydrogen) atoms. The van der Waals surface area contributed by atoms with E-state index in [-0.39, 0.29) is 11.7 Å². The number of halogens is 3. The number of carbonyl (C=O) groups is 1. The number of alkyl halides is 3. The predicted octanol–water partition coefficient (Wildman–Crippen LogP) is 2.97. The highest BCUT2D eigenvalue weighted by molar-refractivity contribution is 6.17. The maximum atomic E-state index is 11.9. The van der Waals surface area contributed by atoms with Crippen molar-refractivity contribution in [2.75, 3.05) is 12.4 Å². The van der Waals surface area contributed by atoms with Crippen LogP contribution in [-0.4, -0.2) is 24.9 Å². The number of hydrogen-bond donors (Lipinski definition) is 1. The van der Waals surface area contributed by atoms with Gasteiger partial charge in [-0.3, -0.25) is 4.79 Å². The third kappa shape index (κ3) is 6.96. The van der Waals surface area contributed by atoms with Gasteiger partial charge in [-0.25, -0.2) is 0 Å². The van der Waals surface area contributed by atoms with E-state index in [1.54, 1.807) is 12.1 Å². The lowest BCUT2D eigenvalue weighted by Gasteiger charge is -2.07. The maximum Gasteiger partial charge on any atom is 0.387 e. The number of hydrogen-bond acceptors (Lipinski definition) is 2. The first-order valence-corrected chi connectivity index (χ1v) is 6.51. The van der Waals surface area contributed by atoms with Gasteiger partial charge in [0.25, 0.3) is 0 Å². The standard InChI is InChI=1S/C13H16ClF2NO2/c14-8-1-2-12(18)17-9-7-10-3-5-11(6-4-10)19-13(15)16/h3-6,13H,1-2,7-9H2,(H,17,18). The molecule has 0 bridgehead atoms. The van der Waals surface area contributed by atoms with E-state index < -0.39 is 6.61 Å². The van der Waals surface area contributed by atoms with E-state index in [1.807, 2.05) is 0 Å². The van der Waals surface area contributed by atoms with E-state index in [4.69, 9.17) is 11.6 Å². The molecule has 0 saturated carbocycles. The molecule has 0 atom stereocenters. The number of nitrogens with one attached hydrogen (secondary N) is 1. The second-order valence-electron chi connectivity index (χ2n) is 3.91. The molecule has 0 heterocycles. The summed E-state index contributed by atoms with van der Waals surface area (Å²) in [5, 5.41) is 2.76. The van der Waals surface area contributed by atoms with Gasteiger partial charge in [0.1, 0.15) is 5.75 Å². The number of carbonyl (C=O) groups excluding carboxylic acids is 1. The quantitative estimate of drug-likeness (QED) is 0.748. The lowest BCUT2D eigenvalue weighted by molar-refractivity contribution is -0.121. The topological polar surface area (TPSA) is 38.3 Å². The van der Waals surface area contributed by atoms with Crippen molar-refractivity contribution in [1.82, 2.24) is 5.32 Å². The van der Waals surface area contributed by atoms with Crippen LogP contribution in [0.4, 0.5) is 8.78 Å². The number of amides is 1. The van der Waals surface area contributed by atoms with Crippen molar-refractivity contribution < 1.29 is 18.3 Å². The summed E-state index contributed by atoms with van der Waals surface area (Å²) in [6.07, 6.45) is 1.72. The minimum absolute atomic E-state index is 0.0293. The van der Waals surface area contributed by atoms with Crippen LogP contribution >= 0.6 is 11.6 Å². The normalized spacial score (nSPS) is 10.5. The summed E-state index contributed by atoms with van der Waals surface area (Å²) in [7, 11) is 0. The fraction of sp³-hybridized carbons (Fsp3) is 0.462. The molecular formula is C13H16ClF2NO2. The smallest absolute Gasteiger partial charge is 0.387 e. The SMILES string of the molecule is O=C(CCCCl)NCCc1ccc(OC(F)F)cc1. The van der Waals surface area contributed by atoms with E-state index in [2.05, 4.69) is 10.1 Å². The molecule has 1 aromatic rings. The minimum atomic E-state index is -2.81. The van der Waals surface area contributed by atoms with Gasteiger partial charge < -0.3 is 10.1 Å². The number of ether oxygens (including phenoxy) is 1. The Labute approximate surface area is 115 Å². The van der Waals surface area contributed by atoms with Crippen LogP contribution in [0.1, 0.15) is 18.4 Å². The van der Waals surface area contributed by atoms with Crippen molar-refractivity contribution in [3.05, 3.63) is 29.8 Å². The first-order chi connectivity index (χ1) is 9.11. The minimum Gasteiger partial charge on any atom is -0.435 e. The maximum absolute atomic E-state index is 11.9. The first-order valence-electron chi connectivity index (χ1n) is 5.98. The van der Waals surface area contributed by atoms with Gasteiger partial charge in [0.15, 0.2) is 0 Å². The average Bonchev–Trinajstić information content (AvgIpc) is 2.38. The Morgan fingerprint density at radius 2 is 2.00 bits per heavy atom. The molecule has 0 aliphatic rings. The van der Waals surface area contributed by atoms with Gasteiger partial charge in [-0.1, -0.05) is 12.1 Å². The molecule has 1 N–H and O–H groups in total. The van der Waals surface area contributed by atoms with Crippen molar-refractivity contribution in [2.45, 2.75) is 25.9 Å². The van der Waals surface area contributed by atoms with Gasteiger partial charge in [0, 0.05) is 18.8 Å². The molecule has 0 spiro atoms. The Balaban J connectivity index is 2.28. The van der Waals surface area contributed by atoms with Crippen molar-refractivity contribution in [1.29, 1.82) is 0 Å². The molecule has 0 radical (unpaired) electrons. The fourth-order valence-corrected chi connectivity index (χ4v) is 1.63. The molecule has 0 fully saturated rings. The lowest BCUT2D eigenvalue weighted by Crippen LogP contribution is -2.25. The van der Waals surface area contributed by atoms with E-state index >= 15 is 0 Å². The first kappa shape index (κ1) is 15.7. The summed E-state index contributed by atoms with van der Waals surface area (Å²) in [6.45, 7) is -2.30. The van der Waals surface area contributed by atoms with E-state index in [9.17, 15) is 13.6 Å². The van der Waals surface area contributed by atoms with Crippen molar-refractivity contribution in [3.63, 3.8) is 0 Å². The third-order valence-corrected chi connectivity index (χ3v) is 2.69.